The molecule has 122 valence electrons. The van der Waals surface area contributed by atoms with Gasteiger partial charge in [0.2, 0.25) is 0 Å². The Morgan fingerprint density at radius 2 is 1.95 bits per heavy atom. The molecule has 1 aliphatic heterocycles. The lowest BCUT2D eigenvalue weighted by molar-refractivity contribution is -0.142. The Kier molecular flexibility index (Phi) is 7.50. The standard InChI is InChI=1S/C15H28N2O4/c1-4-7-17(13-10-21-9-12(13)14(18)19)15(20)16-8-11(5-2)6-3/h11-13H,4-10H2,1-3H3,(H,16,20)(H,18,19). The molecule has 0 aliphatic carbocycles. The third-order valence-electron chi connectivity index (χ3n) is 4.19. The predicted molar refractivity (Wildman–Crippen MR) is 80.2 cm³/mol. The third-order valence-corrected chi connectivity index (χ3v) is 4.19. The molecule has 1 heterocycles. The molecule has 2 atom stereocenters. The van der Waals surface area contributed by atoms with Crippen LogP contribution in [0.15, 0.2) is 0 Å². The summed E-state index contributed by atoms with van der Waals surface area (Å²) in [7, 11) is 0. The number of amides is 2. The number of carbonyl (C=O) groups is 2. The summed E-state index contributed by atoms with van der Waals surface area (Å²) in [6, 6.07) is -0.547. The Bertz CT molecular complexity index is 345. The zero-order valence-electron chi connectivity index (χ0n) is 13.3. The maximum absolute atomic E-state index is 12.4. The van der Waals surface area contributed by atoms with Gasteiger partial charge in [-0.3, -0.25) is 4.79 Å². The summed E-state index contributed by atoms with van der Waals surface area (Å²) in [5, 5.41) is 12.2. The van der Waals surface area contributed by atoms with E-state index in [2.05, 4.69) is 19.2 Å². The van der Waals surface area contributed by atoms with E-state index in [1.54, 1.807) is 4.90 Å². The third kappa shape index (κ3) is 4.88. The van der Waals surface area contributed by atoms with Crippen LogP contribution in [-0.4, -0.2) is 54.4 Å². The van der Waals surface area contributed by atoms with Crippen LogP contribution < -0.4 is 5.32 Å². The van der Waals surface area contributed by atoms with Crippen LogP contribution in [0.4, 0.5) is 4.79 Å². The van der Waals surface area contributed by atoms with Crippen molar-refractivity contribution in [1.29, 1.82) is 0 Å². The molecule has 2 amide bonds. The summed E-state index contributed by atoms with van der Waals surface area (Å²) in [6.07, 6.45) is 2.84. The van der Waals surface area contributed by atoms with Crippen molar-refractivity contribution in [3.8, 4) is 0 Å². The van der Waals surface area contributed by atoms with Gasteiger partial charge >= 0.3 is 12.0 Å². The maximum Gasteiger partial charge on any atom is 0.317 e. The fraction of sp³-hybridized carbons (Fsp3) is 0.867. The first-order chi connectivity index (χ1) is 10.0. The van der Waals surface area contributed by atoms with Gasteiger partial charge in [0.1, 0.15) is 5.92 Å². The van der Waals surface area contributed by atoms with Crippen molar-refractivity contribution in [2.24, 2.45) is 11.8 Å². The van der Waals surface area contributed by atoms with Crippen molar-refractivity contribution in [3.05, 3.63) is 0 Å². The van der Waals surface area contributed by atoms with Gasteiger partial charge in [0.15, 0.2) is 0 Å². The van der Waals surface area contributed by atoms with Gasteiger partial charge in [0.25, 0.3) is 0 Å². The molecule has 0 spiro atoms. The predicted octanol–water partition coefficient (Wildman–Crippen LogP) is 1.94. The van der Waals surface area contributed by atoms with E-state index in [1.165, 1.54) is 0 Å². The molecule has 6 heteroatoms. The largest absolute Gasteiger partial charge is 0.481 e. The molecule has 0 aromatic carbocycles. The highest BCUT2D eigenvalue weighted by Crippen LogP contribution is 2.20. The number of hydrogen-bond acceptors (Lipinski definition) is 3. The number of carboxylic acid groups (broad SMARTS) is 1. The molecule has 0 radical (unpaired) electrons. The minimum absolute atomic E-state index is 0.175. The molecule has 0 aromatic heterocycles. The van der Waals surface area contributed by atoms with E-state index in [9.17, 15) is 14.7 Å². The second-order valence-corrected chi connectivity index (χ2v) is 5.61. The molecule has 0 aromatic rings. The zero-order valence-corrected chi connectivity index (χ0v) is 13.3. The molecule has 1 aliphatic rings. The van der Waals surface area contributed by atoms with Crippen LogP contribution in [0.3, 0.4) is 0 Å². The van der Waals surface area contributed by atoms with Gasteiger partial charge in [-0.25, -0.2) is 4.79 Å². The van der Waals surface area contributed by atoms with E-state index in [1.807, 2.05) is 6.92 Å². The molecule has 1 saturated heterocycles. The van der Waals surface area contributed by atoms with Crippen LogP contribution in [0, 0.1) is 11.8 Å². The average molecular weight is 300 g/mol. The first-order valence-electron chi connectivity index (χ1n) is 7.90. The Hall–Kier alpha value is -1.30. The van der Waals surface area contributed by atoms with Gasteiger partial charge in [-0.1, -0.05) is 33.6 Å². The molecule has 1 fully saturated rings. The number of nitrogens with one attached hydrogen (secondary N) is 1. The lowest BCUT2D eigenvalue weighted by Gasteiger charge is -2.30. The number of nitrogens with zero attached hydrogens (tertiary/aromatic N) is 1. The highest BCUT2D eigenvalue weighted by Gasteiger charge is 2.39. The van der Waals surface area contributed by atoms with Crippen LogP contribution in [0.2, 0.25) is 0 Å². The van der Waals surface area contributed by atoms with Gasteiger partial charge in [0, 0.05) is 13.1 Å². The van der Waals surface area contributed by atoms with Crippen LogP contribution in [0.1, 0.15) is 40.0 Å². The number of carbonyl (C=O) groups excluding carboxylic acids is 1. The molecular formula is C15H28N2O4. The van der Waals surface area contributed by atoms with Crippen LogP contribution >= 0.6 is 0 Å². The molecule has 0 bridgehead atoms. The van der Waals surface area contributed by atoms with Crippen molar-refractivity contribution in [1.82, 2.24) is 10.2 Å². The second-order valence-electron chi connectivity index (χ2n) is 5.61. The minimum Gasteiger partial charge on any atom is -0.481 e. The van der Waals surface area contributed by atoms with E-state index < -0.39 is 11.9 Å². The molecule has 2 unspecified atom stereocenters. The first kappa shape index (κ1) is 17.8. The van der Waals surface area contributed by atoms with Crippen molar-refractivity contribution in [3.63, 3.8) is 0 Å². The number of hydrogen-bond donors (Lipinski definition) is 2. The van der Waals surface area contributed by atoms with E-state index >= 15 is 0 Å². The molecule has 6 nitrogen and oxygen atoms in total. The van der Waals surface area contributed by atoms with E-state index in [4.69, 9.17) is 4.74 Å². The zero-order chi connectivity index (χ0) is 15.8. The normalized spacial score (nSPS) is 21.5. The topological polar surface area (TPSA) is 78.9 Å². The number of urea groups is 1. The van der Waals surface area contributed by atoms with Gasteiger partial charge in [-0.05, 0) is 12.3 Å². The monoisotopic (exact) mass is 300 g/mol. The second kappa shape index (κ2) is 8.87. The van der Waals surface area contributed by atoms with Crippen LogP contribution in [-0.2, 0) is 9.53 Å². The Morgan fingerprint density at radius 3 is 2.48 bits per heavy atom. The van der Waals surface area contributed by atoms with Gasteiger partial charge in [-0.2, -0.15) is 0 Å². The Balaban J connectivity index is 2.67. The quantitative estimate of drug-likeness (QED) is 0.718. The van der Waals surface area contributed by atoms with Gasteiger partial charge in [-0.15, -0.1) is 0 Å². The van der Waals surface area contributed by atoms with E-state index in [0.717, 1.165) is 19.3 Å². The molecular weight excluding hydrogens is 272 g/mol. The Labute approximate surface area is 126 Å². The summed E-state index contributed by atoms with van der Waals surface area (Å²) in [5.74, 6) is -1.06. The summed E-state index contributed by atoms with van der Waals surface area (Å²) < 4.78 is 5.27. The fourth-order valence-corrected chi connectivity index (χ4v) is 2.66. The van der Waals surface area contributed by atoms with Crippen LogP contribution in [0.25, 0.3) is 0 Å². The van der Waals surface area contributed by atoms with E-state index in [0.29, 0.717) is 25.6 Å². The van der Waals surface area contributed by atoms with Gasteiger partial charge in [0.05, 0.1) is 19.3 Å². The lowest BCUT2D eigenvalue weighted by atomic mass is 10.0. The molecule has 1 rings (SSSR count). The van der Waals surface area contributed by atoms with Crippen molar-refractivity contribution in [2.45, 2.75) is 46.1 Å². The first-order valence-corrected chi connectivity index (χ1v) is 7.90. The lowest BCUT2D eigenvalue weighted by Crippen LogP contribution is -2.51. The molecule has 21 heavy (non-hydrogen) atoms. The Morgan fingerprint density at radius 1 is 1.29 bits per heavy atom. The average Bonchev–Trinajstić information content (AvgIpc) is 2.94. The smallest absolute Gasteiger partial charge is 0.317 e. The van der Waals surface area contributed by atoms with Crippen LogP contribution in [0.5, 0.6) is 0 Å². The minimum atomic E-state index is -0.897. The van der Waals surface area contributed by atoms with Gasteiger partial charge < -0.3 is 20.1 Å². The SMILES string of the molecule is CCCN(C(=O)NCC(CC)CC)C1COCC1C(=O)O. The number of aliphatic carboxylic acids is 1. The summed E-state index contributed by atoms with van der Waals surface area (Å²) >= 11 is 0. The number of carboxylic acids is 1. The summed E-state index contributed by atoms with van der Waals surface area (Å²) in [6.45, 7) is 7.86. The van der Waals surface area contributed by atoms with E-state index in [-0.39, 0.29) is 18.7 Å². The molecule has 0 saturated carbocycles. The summed E-state index contributed by atoms with van der Waals surface area (Å²) in [5.41, 5.74) is 0. The van der Waals surface area contributed by atoms with Crippen molar-refractivity contribution < 1.29 is 19.4 Å². The van der Waals surface area contributed by atoms with Crippen molar-refractivity contribution >= 4 is 12.0 Å². The number of ether oxygens (including phenoxy) is 1. The number of rotatable bonds is 8. The fourth-order valence-electron chi connectivity index (χ4n) is 2.66. The molecule has 2 N–H and O–H groups in total. The maximum atomic E-state index is 12.4. The summed E-state index contributed by atoms with van der Waals surface area (Å²) in [4.78, 5) is 25.3. The highest BCUT2D eigenvalue weighted by molar-refractivity contribution is 5.77. The highest BCUT2D eigenvalue weighted by atomic mass is 16.5. The van der Waals surface area contributed by atoms with Crippen molar-refractivity contribution in [2.75, 3.05) is 26.3 Å².